The number of aliphatic hydroxyl groups is 1. The van der Waals surface area contributed by atoms with Crippen molar-refractivity contribution in [3.05, 3.63) is 95.3 Å². The van der Waals surface area contributed by atoms with Crippen molar-refractivity contribution in [3.8, 4) is 0 Å². The van der Waals surface area contributed by atoms with Crippen LogP contribution in [-0.4, -0.2) is 78.2 Å². The monoisotopic (exact) mass is 572 g/mol. The topological polar surface area (TPSA) is 112 Å². The Morgan fingerprint density at radius 1 is 1.07 bits per heavy atom. The summed E-state index contributed by atoms with van der Waals surface area (Å²) in [5.74, 6) is -0.844. The van der Waals surface area contributed by atoms with Crippen molar-refractivity contribution in [3.63, 3.8) is 0 Å². The van der Waals surface area contributed by atoms with Crippen LogP contribution in [0.3, 0.4) is 0 Å². The number of pyridine rings is 1. The number of likely N-dealkylation sites (tertiary alicyclic amines) is 1. The van der Waals surface area contributed by atoms with Gasteiger partial charge >= 0.3 is 5.97 Å². The minimum absolute atomic E-state index is 0.267. The summed E-state index contributed by atoms with van der Waals surface area (Å²) in [6.07, 6.45) is 4.36. The highest BCUT2D eigenvalue weighted by Gasteiger charge is 2.35. The van der Waals surface area contributed by atoms with Crippen molar-refractivity contribution in [1.82, 2.24) is 15.2 Å². The fourth-order valence-corrected chi connectivity index (χ4v) is 5.24. The number of esters is 1. The van der Waals surface area contributed by atoms with E-state index in [4.69, 9.17) is 4.74 Å². The molecule has 42 heavy (non-hydrogen) atoms. The van der Waals surface area contributed by atoms with E-state index in [0.29, 0.717) is 42.9 Å². The van der Waals surface area contributed by atoms with Gasteiger partial charge in [-0.25, -0.2) is 4.79 Å². The van der Waals surface area contributed by atoms with Crippen LogP contribution in [0.1, 0.15) is 64.4 Å². The van der Waals surface area contributed by atoms with Gasteiger partial charge in [0.05, 0.1) is 31.1 Å². The average molecular weight is 573 g/mol. The highest BCUT2D eigenvalue weighted by Crippen LogP contribution is 2.23. The third-order valence-corrected chi connectivity index (χ3v) is 7.75. The third-order valence-electron chi connectivity index (χ3n) is 7.75. The molecule has 0 unspecified atom stereocenters. The highest BCUT2D eigenvalue weighted by molar-refractivity contribution is 6.01. The number of methoxy groups -OCH3 is 1. The smallest absolute Gasteiger partial charge is 0.328 e. The Kier molecular flexibility index (Phi) is 10.3. The Bertz CT molecular complexity index is 1380. The standard InChI is InChI=1S/C33H40N4O5/c1-22(2)26-18-27(20-34-19-26)36(3)21-30(38)28(16-23-10-6-5-7-11-23)35-31(39)24-12-8-13-25(17-24)32(40)37-15-9-14-29(37)33(41)42-4/h5-8,10-13,17-20,22,28-30,38H,9,14-16,21H2,1-4H3,(H,35,39)/t28-,29+,30+/m0/s1. The van der Waals surface area contributed by atoms with Crippen LogP contribution in [0.4, 0.5) is 5.69 Å². The first-order valence-electron chi connectivity index (χ1n) is 14.4. The number of nitrogens with one attached hydrogen (secondary N) is 1. The van der Waals surface area contributed by atoms with E-state index in [2.05, 4.69) is 30.2 Å². The minimum atomic E-state index is -0.905. The van der Waals surface area contributed by atoms with E-state index >= 15 is 0 Å². The molecule has 9 nitrogen and oxygen atoms in total. The molecule has 1 saturated heterocycles. The molecule has 222 valence electrons. The van der Waals surface area contributed by atoms with Gasteiger partial charge in [-0.1, -0.05) is 50.2 Å². The molecule has 1 fully saturated rings. The number of amides is 2. The largest absolute Gasteiger partial charge is 0.467 e. The van der Waals surface area contributed by atoms with E-state index in [0.717, 1.165) is 16.8 Å². The Hall–Kier alpha value is -4.24. The first kappa shape index (κ1) is 30.7. The fourth-order valence-electron chi connectivity index (χ4n) is 5.24. The van der Waals surface area contributed by atoms with Gasteiger partial charge in [0.25, 0.3) is 11.8 Å². The molecule has 0 aliphatic carbocycles. The van der Waals surface area contributed by atoms with Crippen molar-refractivity contribution < 1.29 is 24.2 Å². The van der Waals surface area contributed by atoms with Crippen molar-refractivity contribution in [2.75, 3.05) is 32.1 Å². The number of aromatic nitrogens is 1. The summed E-state index contributed by atoms with van der Waals surface area (Å²) in [7, 11) is 3.20. The van der Waals surface area contributed by atoms with Crippen molar-refractivity contribution >= 4 is 23.5 Å². The Labute approximate surface area is 247 Å². The van der Waals surface area contributed by atoms with E-state index in [1.54, 1.807) is 24.4 Å². The van der Waals surface area contributed by atoms with E-state index in [1.165, 1.54) is 18.1 Å². The zero-order valence-electron chi connectivity index (χ0n) is 24.7. The van der Waals surface area contributed by atoms with E-state index in [1.807, 2.05) is 48.5 Å². The molecule has 4 rings (SSSR count). The fraction of sp³-hybridized carbons (Fsp3) is 0.394. The van der Waals surface area contributed by atoms with Crippen LogP contribution >= 0.6 is 0 Å². The molecule has 0 radical (unpaired) electrons. The molecule has 2 heterocycles. The molecule has 2 N–H and O–H groups in total. The number of ether oxygens (including phenoxy) is 1. The Balaban J connectivity index is 1.51. The number of aliphatic hydroxyl groups excluding tert-OH is 1. The number of hydrogen-bond acceptors (Lipinski definition) is 7. The van der Waals surface area contributed by atoms with Crippen LogP contribution < -0.4 is 10.2 Å². The van der Waals surface area contributed by atoms with Gasteiger partial charge in [0.2, 0.25) is 0 Å². The van der Waals surface area contributed by atoms with Crippen LogP contribution in [0.25, 0.3) is 0 Å². The molecule has 1 aromatic heterocycles. The molecule has 0 spiro atoms. The second-order valence-corrected chi connectivity index (χ2v) is 11.1. The zero-order chi connectivity index (χ0) is 30.2. The number of rotatable bonds is 11. The summed E-state index contributed by atoms with van der Waals surface area (Å²) < 4.78 is 4.87. The molecule has 1 aliphatic heterocycles. The van der Waals surface area contributed by atoms with Gasteiger partial charge in [-0.3, -0.25) is 14.6 Å². The summed E-state index contributed by atoms with van der Waals surface area (Å²) in [4.78, 5) is 46.7. The number of carbonyl (C=O) groups excluding carboxylic acids is 3. The molecule has 0 bridgehead atoms. The average Bonchev–Trinajstić information content (AvgIpc) is 3.50. The third kappa shape index (κ3) is 7.53. The molecule has 2 aromatic carbocycles. The number of anilines is 1. The Morgan fingerprint density at radius 2 is 1.81 bits per heavy atom. The van der Waals surface area contributed by atoms with Gasteiger partial charge < -0.3 is 25.0 Å². The van der Waals surface area contributed by atoms with E-state index < -0.39 is 30.1 Å². The number of carbonyl (C=O) groups is 3. The molecular weight excluding hydrogens is 532 g/mol. The summed E-state index contributed by atoms with van der Waals surface area (Å²) >= 11 is 0. The summed E-state index contributed by atoms with van der Waals surface area (Å²) in [5.41, 5.74) is 3.56. The van der Waals surface area contributed by atoms with Gasteiger partial charge in [-0.2, -0.15) is 0 Å². The molecule has 9 heteroatoms. The van der Waals surface area contributed by atoms with Crippen LogP contribution in [0, 0.1) is 0 Å². The number of nitrogens with zero attached hydrogens (tertiary/aromatic N) is 3. The maximum Gasteiger partial charge on any atom is 0.328 e. The molecule has 0 saturated carbocycles. The molecule has 1 aliphatic rings. The SMILES string of the molecule is COC(=O)[C@H]1CCCN1C(=O)c1cccc(C(=O)N[C@@H](Cc2ccccc2)[C@H](O)CN(C)c2cncc(C(C)C)c2)c1. The number of benzene rings is 2. The number of likely N-dealkylation sites (N-methyl/N-ethyl adjacent to an activating group) is 1. The Morgan fingerprint density at radius 3 is 2.52 bits per heavy atom. The summed E-state index contributed by atoms with van der Waals surface area (Å²) in [6.45, 7) is 4.92. The van der Waals surface area contributed by atoms with Gasteiger partial charge in [0.15, 0.2) is 0 Å². The summed E-state index contributed by atoms with van der Waals surface area (Å²) in [6, 6.07) is 17.0. The zero-order valence-corrected chi connectivity index (χ0v) is 24.7. The van der Waals surface area contributed by atoms with Crippen LogP contribution in [0.2, 0.25) is 0 Å². The maximum absolute atomic E-state index is 13.5. The normalized spacial score (nSPS) is 16.1. The lowest BCUT2D eigenvalue weighted by atomic mass is 9.99. The van der Waals surface area contributed by atoms with Crippen molar-refractivity contribution in [2.45, 2.75) is 57.2 Å². The molecular formula is C33H40N4O5. The van der Waals surface area contributed by atoms with Gasteiger partial charge in [-0.15, -0.1) is 0 Å². The van der Waals surface area contributed by atoms with E-state index in [9.17, 15) is 19.5 Å². The highest BCUT2D eigenvalue weighted by atomic mass is 16.5. The second-order valence-electron chi connectivity index (χ2n) is 11.1. The van der Waals surface area contributed by atoms with Crippen LogP contribution in [0.15, 0.2) is 73.1 Å². The predicted octanol–water partition coefficient (Wildman–Crippen LogP) is 3.82. The molecule has 3 atom stereocenters. The molecule has 3 aromatic rings. The van der Waals surface area contributed by atoms with Crippen molar-refractivity contribution in [2.24, 2.45) is 0 Å². The first-order chi connectivity index (χ1) is 20.2. The van der Waals surface area contributed by atoms with Crippen LogP contribution in [-0.2, 0) is 16.0 Å². The van der Waals surface area contributed by atoms with Gasteiger partial charge in [0.1, 0.15) is 6.04 Å². The maximum atomic E-state index is 13.5. The van der Waals surface area contributed by atoms with Crippen molar-refractivity contribution in [1.29, 1.82) is 0 Å². The molecule has 2 amide bonds. The van der Waals surface area contributed by atoms with Crippen LogP contribution in [0.5, 0.6) is 0 Å². The number of hydrogen-bond donors (Lipinski definition) is 2. The lowest BCUT2D eigenvalue weighted by Gasteiger charge is -2.29. The lowest BCUT2D eigenvalue weighted by molar-refractivity contribution is -0.145. The quantitative estimate of drug-likeness (QED) is 0.336. The predicted molar refractivity (Wildman–Crippen MR) is 162 cm³/mol. The summed E-state index contributed by atoms with van der Waals surface area (Å²) in [5, 5.41) is 14.4. The minimum Gasteiger partial charge on any atom is -0.467 e. The van der Waals surface area contributed by atoms with E-state index in [-0.39, 0.29) is 12.5 Å². The van der Waals surface area contributed by atoms with Gasteiger partial charge in [-0.05, 0) is 60.6 Å². The first-order valence-corrected chi connectivity index (χ1v) is 14.4. The second kappa shape index (κ2) is 14.1. The van der Waals surface area contributed by atoms with Gasteiger partial charge in [0, 0.05) is 37.5 Å². The lowest BCUT2D eigenvalue weighted by Crippen LogP contribution is -2.49.